The summed E-state index contributed by atoms with van der Waals surface area (Å²) >= 11 is 0. The zero-order valence-electron chi connectivity index (χ0n) is 10.2. The maximum absolute atomic E-state index is 3.44. The van der Waals surface area contributed by atoms with Crippen LogP contribution in [0.25, 0.3) is 0 Å². The van der Waals surface area contributed by atoms with Crippen molar-refractivity contribution in [3.63, 3.8) is 0 Å². The maximum atomic E-state index is 3.44. The Morgan fingerprint density at radius 1 is 1.13 bits per heavy atom. The average Bonchev–Trinajstić information content (AvgIpc) is 2.24. The second kappa shape index (κ2) is 5.28. The molecule has 0 spiro atoms. The van der Waals surface area contributed by atoms with Gasteiger partial charge in [-0.3, -0.25) is 9.80 Å². The second-order valence-corrected chi connectivity index (χ2v) is 4.81. The minimum absolute atomic E-state index is 0.842. The van der Waals surface area contributed by atoms with Gasteiger partial charge in [0, 0.05) is 25.2 Å². The van der Waals surface area contributed by atoms with Crippen LogP contribution in [-0.2, 0) is 0 Å². The van der Waals surface area contributed by atoms with Gasteiger partial charge >= 0.3 is 0 Å². The van der Waals surface area contributed by atoms with Gasteiger partial charge in [0.2, 0.25) is 0 Å². The molecular formula is C12H25N3. The lowest BCUT2D eigenvalue weighted by atomic mass is 9.97. The predicted octanol–water partition coefficient (Wildman–Crippen LogP) is 0.764. The summed E-state index contributed by atoms with van der Waals surface area (Å²) in [7, 11) is 0. The Labute approximate surface area is 93.8 Å². The summed E-state index contributed by atoms with van der Waals surface area (Å²) in [5.74, 6) is 0. The number of likely N-dealkylation sites (N-methyl/N-ethyl adjacent to an activating group) is 1. The third-order valence-electron chi connectivity index (χ3n) is 4.04. The van der Waals surface area contributed by atoms with Gasteiger partial charge in [-0.15, -0.1) is 0 Å². The quantitative estimate of drug-likeness (QED) is 0.741. The van der Waals surface area contributed by atoms with E-state index in [9.17, 15) is 0 Å². The van der Waals surface area contributed by atoms with Gasteiger partial charge in [0.15, 0.2) is 0 Å². The first-order chi connectivity index (χ1) is 7.35. The van der Waals surface area contributed by atoms with Crippen molar-refractivity contribution in [1.82, 2.24) is 15.1 Å². The highest BCUT2D eigenvalue weighted by atomic mass is 15.3. The standard InChI is InChI=1S/C12H25N3/c1-3-14(4-2)12-9-15(10-12)11-5-7-13-8-6-11/h11-13H,3-10H2,1-2H3. The number of nitrogens with zero attached hydrogens (tertiary/aromatic N) is 2. The van der Waals surface area contributed by atoms with Crippen LogP contribution in [0.2, 0.25) is 0 Å². The fraction of sp³-hybridized carbons (Fsp3) is 1.00. The molecule has 15 heavy (non-hydrogen) atoms. The van der Waals surface area contributed by atoms with Gasteiger partial charge in [0.05, 0.1) is 0 Å². The van der Waals surface area contributed by atoms with Crippen molar-refractivity contribution < 1.29 is 0 Å². The fourth-order valence-corrected chi connectivity index (χ4v) is 2.93. The maximum Gasteiger partial charge on any atom is 0.0350 e. The van der Waals surface area contributed by atoms with Crippen LogP contribution in [0.15, 0.2) is 0 Å². The Bertz CT molecular complexity index is 179. The molecule has 0 atom stereocenters. The highest BCUT2D eigenvalue weighted by Gasteiger charge is 2.34. The Morgan fingerprint density at radius 2 is 1.73 bits per heavy atom. The number of hydrogen-bond donors (Lipinski definition) is 1. The zero-order valence-corrected chi connectivity index (χ0v) is 10.2. The molecule has 0 aromatic heterocycles. The number of piperidine rings is 1. The van der Waals surface area contributed by atoms with Crippen LogP contribution < -0.4 is 5.32 Å². The van der Waals surface area contributed by atoms with Crippen molar-refractivity contribution in [3.05, 3.63) is 0 Å². The summed E-state index contributed by atoms with van der Waals surface area (Å²) in [4.78, 5) is 5.28. The van der Waals surface area contributed by atoms with Gasteiger partial charge in [-0.05, 0) is 39.0 Å². The van der Waals surface area contributed by atoms with E-state index in [0.717, 1.165) is 12.1 Å². The highest BCUT2D eigenvalue weighted by Crippen LogP contribution is 2.22. The lowest BCUT2D eigenvalue weighted by Gasteiger charge is -2.49. The van der Waals surface area contributed by atoms with E-state index in [2.05, 4.69) is 29.0 Å². The van der Waals surface area contributed by atoms with Crippen molar-refractivity contribution in [1.29, 1.82) is 0 Å². The van der Waals surface area contributed by atoms with Gasteiger partial charge < -0.3 is 5.32 Å². The summed E-state index contributed by atoms with van der Waals surface area (Å²) in [6.07, 6.45) is 2.70. The molecule has 1 N–H and O–H groups in total. The highest BCUT2D eigenvalue weighted by molar-refractivity contribution is 4.92. The molecule has 2 aliphatic rings. The largest absolute Gasteiger partial charge is 0.317 e. The van der Waals surface area contributed by atoms with Crippen LogP contribution in [-0.4, -0.2) is 61.2 Å². The molecule has 2 heterocycles. The Hall–Kier alpha value is -0.120. The minimum atomic E-state index is 0.842. The Morgan fingerprint density at radius 3 is 2.27 bits per heavy atom. The van der Waals surface area contributed by atoms with Crippen molar-refractivity contribution >= 4 is 0 Å². The Balaban J connectivity index is 1.72. The average molecular weight is 211 g/mol. The van der Waals surface area contributed by atoms with Gasteiger partial charge in [0.25, 0.3) is 0 Å². The lowest BCUT2D eigenvalue weighted by molar-refractivity contribution is 0.000340. The molecule has 3 heteroatoms. The first kappa shape index (κ1) is 11.4. The number of hydrogen-bond acceptors (Lipinski definition) is 3. The van der Waals surface area contributed by atoms with E-state index in [1.54, 1.807) is 0 Å². The second-order valence-electron chi connectivity index (χ2n) is 4.81. The number of rotatable bonds is 4. The first-order valence-corrected chi connectivity index (χ1v) is 6.54. The molecule has 0 bridgehead atoms. The molecule has 0 amide bonds. The van der Waals surface area contributed by atoms with Crippen LogP contribution in [0.4, 0.5) is 0 Å². The van der Waals surface area contributed by atoms with E-state index in [0.29, 0.717) is 0 Å². The topological polar surface area (TPSA) is 18.5 Å². The van der Waals surface area contributed by atoms with Crippen molar-refractivity contribution in [2.45, 2.75) is 38.8 Å². The molecule has 0 unspecified atom stereocenters. The van der Waals surface area contributed by atoms with Gasteiger partial charge in [-0.1, -0.05) is 13.8 Å². The third-order valence-corrected chi connectivity index (χ3v) is 4.04. The summed E-state index contributed by atoms with van der Waals surface area (Å²) in [5.41, 5.74) is 0. The van der Waals surface area contributed by atoms with Crippen LogP contribution in [0.3, 0.4) is 0 Å². The minimum Gasteiger partial charge on any atom is -0.317 e. The molecule has 0 aromatic rings. The smallest absolute Gasteiger partial charge is 0.0350 e. The lowest BCUT2D eigenvalue weighted by Crippen LogP contribution is -2.63. The van der Waals surface area contributed by atoms with Crippen molar-refractivity contribution in [2.24, 2.45) is 0 Å². The summed E-state index contributed by atoms with van der Waals surface area (Å²) in [5, 5.41) is 3.44. The SMILES string of the molecule is CCN(CC)C1CN(C2CCNCC2)C1. The third kappa shape index (κ3) is 2.52. The van der Waals surface area contributed by atoms with E-state index in [4.69, 9.17) is 0 Å². The monoisotopic (exact) mass is 211 g/mol. The molecule has 2 aliphatic heterocycles. The molecule has 0 saturated carbocycles. The number of likely N-dealkylation sites (tertiary alicyclic amines) is 1. The number of nitrogens with one attached hydrogen (secondary N) is 1. The van der Waals surface area contributed by atoms with E-state index in [-0.39, 0.29) is 0 Å². The molecular weight excluding hydrogens is 186 g/mol. The fourth-order valence-electron chi connectivity index (χ4n) is 2.93. The van der Waals surface area contributed by atoms with E-state index >= 15 is 0 Å². The van der Waals surface area contributed by atoms with Crippen LogP contribution >= 0.6 is 0 Å². The van der Waals surface area contributed by atoms with E-state index in [1.165, 1.54) is 52.1 Å². The van der Waals surface area contributed by atoms with E-state index < -0.39 is 0 Å². The van der Waals surface area contributed by atoms with Gasteiger partial charge in [-0.25, -0.2) is 0 Å². The van der Waals surface area contributed by atoms with E-state index in [1.807, 2.05) is 0 Å². The molecule has 0 aromatic carbocycles. The predicted molar refractivity (Wildman–Crippen MR) is 64.2 cm³/mol. The molecule has 88 valence electrons. The zero-order chi connectivity index (χ0) is 10.7. The van der Waals surface area contributed by atoms with Gasteiger partial charge in [0.1, 0.15) is 0 Å². The Kier molecular flexibility index (Phi) is 4.00. The first-order valence-electron chi connectivity index (χ1n) is 6.54. The van der Waals surface area contributed by atoms with Crippen molar-refractivity contribution in [2.75, 3.05) is 39.3 Å². The normalized spacial score (nSPS) is 25.8. The molecule has 2 saturated heterocycles. The van der Waals surface area contributed by atoms with Crippen LogP contribution in [0, 0.1) is 0 Å². The van der Waals surface area contributed by atoms with Crippen molar-refractivity contribution in [3.8, 4) is 0 Å². The molecule has 2 rings (SSSR count). The van der Waals surface area contributed by atoms with Gasteiger partial charge in [-0.2, -0.15) is 0 Å². The summed E-state index contributed by atoms with van der Waals surface area (Å²) in [6, 6.07) is 1.72. The molecule has 3 nitrogen and oxygen atoms in total. The molecule has 0 aliphatic carbocycles. The van der Waals surface area contributed by atoms with Crippen LogP contribution in [0.5, 0.6) is 0 Å². The van der Waals surface area contributed by atoms with Crippen LogP contribution in [0.1, 0.15) is 26.7 Å². The molecule has 0 radical (unpaired) electrons. The summed E-state index contributed by atoms with van der Waals surface area (Å²) in [6.45, 7) is 12.0. The summed E-state index contributed by atoms with van der Waals surface area (Å²) < 4.78 is 0. The molecule has 2 fully saturated rings.